The predicted molar refractivity (Wildman–Crippen MR) is 136 cm³/mol. The van der Waals surface area contributed by atoms with Crippen molar-refractivity contribution in [2.24, 2.45) is 0 Å². The summed E-state index contributed by atoms with van der Waals surface area (Å²) in [5, 5.41) is 14.0. The standard InChI is InChI=1S/C26H32F3N5O3/c1-19-4-7-22(8-5-19)32-15-13-31(14-16-32)11-2-3-25(35)33-12-10-21(18-33)30-20-6-9-24(34(36)37)23(17-20)26(27,28)29/h4-9,17,21,30H,2-3,10-16,18H2,1H3/t21-/m1/s1. The Morgan fingerprint density at radius 1 is 1.08 bits per heavy atom. The summed E-state index contributed by atoms with van der Waals surface area (Å²) < 4.78 is 39.7. The summed E-state index contributed by atoms with van der Waals surface area (Å²) in [6.07, 6.45) is -3.04. The molecule has 0 radical (unpaired) electrons. The first kappa shape index (κ1) is 26.7. The third-order valence-corrected chi connectivity index (χ3v) is 7.05. The topological polar surface area (TPSA) is 82.0 Å². The van der Waals surface area contributed by atoms with E-state index in [4.69, 9.17) is 0 Å². The van der Waals surface area contributed by atoms with Gasteiger partial charge in [0, 0.05) is 69.2 Å². The van der Waals surface area contributed by atoms with E-state index in [1.54, 1.807) is 4.90 Å². The van der Waals surface area contributed by atoms with E-state index in [0.717, 1.165) is 51.3 Å². The molecule has 4 rings (SSSR count). The molecule has 0 spiro atoms. The van der Waals surface area contributed by atoms with Crippen molar-refractivity contribution >= 4 is 23.0 Å². The van der Waals surface area contributed by atoms with Gasteiger partial charge in [0.05, 0.1) is 4.92 Å². The first-order valence-corrected chi connectivity index (χ1v) is 12.5. The van der Waals surface area contributed by atoms with Crippen LogP contribution in [0.1, 0.15) is 30.4 Å². The zero-order valence-corrected chi connectivity index (χ0v) is 20.8. The summed E-state index contributed by atoms with van der Waals surface area (Å²) in [6.45, 7) is 7.67. The Balaban J connectivity index is 1.19. The Morgan fingerprint density at radius 2 is 1.78 bits per heavy atom. The second-order valence-corrected chi connectivity index (χ2v) is 9.72. The van der Waals surface area contributed by atoms with Crippen molar-refractivity contribution in [3.05, 3.63) is 63.7 Å². The molecule has 2 aliphatic rings. The van der Waals surface area contributed by atoms with E-state index in [-0.39, 0.29) is 17.6 Å². The van der Waals surface area contributed by atoms with Crippen molar-refractivity contribution in [2.75, 3.05) is 56.0 Å². The third-order valence-electron chi connectivity index (χ3n) is 7.05. The summed E-state index contributed by atoms with van der Waals surface area (Å²) >= 11 is 0. The molecule has 2 fully saturated rings. The smallest absolute Gasteiger partial charge is 0.380 e. The predicted octanol–water partition coefficient (Wildman–Crippen LogP) is 4.54. The highest BCUT2D eigenvalue weighted by Gasteiger charge is 2.38. The van der Waals surface area contributed by atoms with Gasteiger partial charge in [-0.05, 0) is 50.6 Å². The van der Waals surface area contributed by atoms with Crippen LogP contribution in [0, 0.1) is 17.0 Å². The number of amides is 1. The van der Waals surface area contributed by atoms with E-state index in [1.807, 2.05) is 0 Å². The number of aryl methyl sites for hydroxylation is 1. The Morgan fingerprint density at radius 3 is 2.43 bits per heavy atom. The normalized spacial score (nSPS) is 18.8. The van der Waals surface area contributed by atoms with Crippen LogP contribution in [-0.4, -0.2) is 72.5 Å². The van der Waals surface area contributed by atoms with Gasteiger partial charge in [-0.15, -0.1) is 0 Å². The van der Waals surface area contributed by atoms with Crippen LogP contribution in [0.4, 0.5) is 30.2 Å². The van der Waals surface area contributed by atoms with E-state index in [9.17, 15) is 28.1 Å². The highest BCUT2D eigenvalue weighted by Crippen LogP contribution is 2.37. The Hall–Kier alpha value is -3.34. The number of halogens is 3. The van der Waals surface area contributed by atoms with Crippen LogP contribution in [0.15, 0.2) is 42.5 Å². The van der Waals surface area contributed by atoms with Crippen LogP contribution in [0.5, 0.6) is 0 Å². The highest BCUT2D eigenvalue weighted by atomic mass is 19.4. The minimum atomic E-state index is -4.83. The highest BCUT2D eigenvalue weighted by molar-refractivity contribution is 5.76. The lowest BCUT2D eigenvalue weighted by Gasteiger charge is -2.36. The van der Waals surface area contributed by atoms with Gasteiger partial charge in [0.2, 0.25) is 5.91 Å². The molecule has 0 saturated carbocycles. The van der Waals surface area contributed by atoms with Gasteiger partial charge in [-0.1, -0.05) is 17.7 Å². The van der Waals surface area contributed by atoms with Gasteiger partial charge in [0.1, 0.15) is 5.56 Å². The van der Waals surface area contributed by atoms with Crippen LogP contribution < -0.4 is 10.2 Å². The van der Waals surface area contributed by atoms with E-state index in [1.165, 1.54) is 17.3 Å². The van der Waals surface area contributed by atoms with Crippen molar-refractivity contribution in [3.8, 4) is 0 Å². The molecule has 11 heteroatoms. The number of nitro benzene ring substituents is 1. The number of rotatable bonds is 8. The van der Waals surface area contributed by atoms with Crippen LogP contribution >= 0.6 is 0 Å². The van der Waals surface area contributed by atoms with Crippen molar-refractivity contribution in [1.29, 1.82) is 0 Å². The summed E-state index contributed by atoms with van der Waals surface area (Å²) in [5.41, 5.74) is 0.378. The van der Waals surface area contributed by atoms with E-state index < -0.39 is 22.4 Å². The lowest BCUT2D eigenvalue weighted by Crippen LogP contribution is -2.46. The molecule has 2 heterocycles. The Labute approximate surface area is 214 Å². The number of hydrogen-bond donors (Lipinski definition) is 1. The Bertz CT molecular complexity index is 1100. The summed E-state index contributed by atoms with van der Waals surface area (Å²) in [5.74, 6) is 0.0438. The van der Waals surface area contributed by atoms with Gasteiger partial charge in [-0.25, -0.2) is 0 Å². The lowest BCUT2D eigenvalue weighted by molar-refractivity contribution is -0.388. The average molecular weight is 520 g/mol. The SMILES string of the molecule is Cc1ccc(N2CCN(CCCC(=O)N3CC[C@@H](Nc4ccc([N+](=O)[O-])c(C(F)(F)F)c4)C3)CC2)cc1. The molecule has 2 saturated heterocycles. The van der Waals surface area contributed by atoms with Gasteiger partial charge in [0.15, 0.2) is 0 Å². The number of carbonyl (C=O) groups excluding carboxylic acids is 1. The summed E-state index contributed by atoms with van der Waals surface area (Å²) in [6, 6.07) is 11.2. The number of benzene rings is 2. The monoisotopic (exact) mass is 519 g/mol. The zero-order valence-electron chi connectivity index (χ0n) is 20.8. The molecule has 0 unspecified atom stereocenters. The minimum Gasteiger partial charge on any atom is -0.380 e. The number of piperazine rings is 1. The van der Waals surface area contributed by atoms with E-state index >= 15 is 0 Å². The number of likely N-dealkylation sites (tertiary alicyclic amines) is 1. The van der Waals surface area contributed by atoms with E-state index in [0.29, 0.717) is 25.9 Å². The van der Waals surface area contributed by atoms with Crippen LogP contribution in [-0.2, 0) is 11.0 Å². The first-order chi connectivity index (χ1) is 17.6. The molecule has 8 nitrogen and oxygen atoms in total. The van der Waals surface area contributed by atoms with Crippen molar-refractivity contribution in [3.63, 3.8) is 0 Å². The fourth-order valence-electron chi connectivity index (χ4n) is 4.95. The average Bonchev–Trinajstić information content (AvgIpc) is 3.33. The second kappa shape index (κ2) is 11.4. The van der Waals surface area contributed by atoms with Gasteiger partial charge < -0.3 is 15.1 Å². The summed E-state index contributed by atoms with van der Waals surface area (Å²) in [7, 11) is 0. The van der Waals surface area contributed by atoms with Crippen LogP contribution in [0.2, 0.25) is 0 Å². The Kier molecular flexibility index (Phi) is 8.21. The fraction of sp³-hybridized carbons (Fsp3) is 0.500. The zero-order chi connectivity index (χ0) is 26.6. The van der Waals surface area contributed by atoms with Gasteiger partial charge >= 0.3 is 6.18 Å². The molecule has 0 bridgehead atoms. The van der Waals surface area contributed by atoms with Gasteiger partial charge in [-0.2, -0.15) is 13.2 Å². The largest absolute Gasteiger partial charge is 0.423 e. The summed E-state index contributed by atoms with van der Waals surface area (Å²) in [4.78, 5) is 29.1. The maximum absolute atomic E-state index is 13.2. The second-order valence-electron chi connectivity index (χ2n) is 9.72. The fourth-order valence-corrected chi connectivity index (χ4v) is 4.95. The maximum atomic E-state index is 13.2. The molecule has 1 amide bonds. The first-order valence-electron chi connectivity index (χ1n) is 12.5. The maximum Gasteiger partial charge on any atom is 0.423 e. The van der Waals surface area contributed by atoms with Crippen molar-refractivity contribution in [1.82, 2.24) is 9.80 Å². The quantitative estimate of drug-likeness (QED) is 0.408. The van der Waals surface area contributed by atoms with Gasteiger partial charge in [0.25, 0.3) is 5.69 Å². The molecule has 2 aliphatic heterocycles. The van der Waals surface area contributed by atoms with Crippen LogP contribution in [0.25, 0.3) is 0 Å². The molecule has 2 aromatic carbocycles. The molecule has 2 aromatic rings. The molecule has 0 aromatic heterocycles. The molecule has 0 aliphatic carbocycles. The van der Waals surface area contributed by atoms with Crippen molar-refractivity contribution in [2.45, 2.75) is 38.4 Å². The van der Waals surface area contributed by atoms with Gasteiger partial charge in [-0.3, -0.25) is 19.8 Å². The molecule has 37 heavy (non-hydrogen) atoms. The number of nitro groups is 1. The van der Waals surface area contributed by atoms with Crippen molar-refractivity contribution < 1.29 is 22.9 Å². The molecule has 1 atom stereocenters. The number of alkyl halides is 3. The molecular formula is C26H32F3N5O3. The lowest BCUT2D eigenvalue weighted by atomic mass is 10.1. The van der Waals surface area contributed by atoms with E-state index in [2.05, 4.69) is 46.3 Å². The number of nitrogens with zero attached hydrogens (tertiary/aromatic N) is 4. The third kappa shape index (κ3) is 6.91. The minimum absolute atomic E-state index is 0.0438. The number of carbonyl (C=O) groups is 1. The molecule has 200 valence electrons. The van der Waals surface area contributed by atoms with Crippen LogP contribution in [0.3, 0.4) is 0 Å². The number of hydrogen-bond acceptors (Lipinski definition) is 6. The number of anilines is 2. The molecule has 1 N–H and O–H groups in total. The number of nitrogens with one attached hydrogen (secondary N) is 1. The molecular weight excluding hydrogens is 487 g/mol.